The molecule has 3 N–H and O–H groups in total. The second-order valence-corrected chi connectivity index (χ2v) is 4.91. The van der Waals surface area contributed by atoms with Crippen molar-refractivity contribution in [1.82, 2.24) is 5.32 Å². The third-order valence-electron chi connectivity index (χ3n) is 3.27. The fourth-order valence-electron chi connectivity index (χ4n) is 1.94. The molecule has 0 aliphatic rings. The molecule has 21 heavy (non-hydrogen) atoms. The smallest absolute Gasteiger partial charge is 0.255 e. The lowest BCUT2D eigenvalue weighted by Gasteiger charge is -2.15. The lowest BCUT2D eigenvalue weighted by Crippen LogP contribution is -2.26. The van der Waals surface area contributed by atoms with Crippen molar-refractivity contribution in [3.63, 3.8) is 0 Å². The number of halogens is 1. The van der Waals surface area contributed by atoms with Crippen molar-refractivity contribution in [2.24, 2.45) is 0 Å². The third kappa shape index (κ3) is 3.31. The molecule has 0 radical (unpaired) electrons. The van der Waals surface area contributed by atoms with Gasteiger partial charge in [0.1, 0.15) is 17.3 Å². The van der Waals surface area contributed by atoms with E-state index < -0.39 is 11.9 Å². The van der Waals surface area contributed by atoms with Crippen LogP contribution in [0, 0.1) is 12.7 Å². The first-order valence-electron chi connectivity index (χ1n) is 6.47. The maximum atomic E-state index is 13.5. The van der Waals surface area contributed by atoms with Gasteiger partial charge in [0.2, 0.25) is 0 Å². The molecule has 0 aliphatic heterocycles. The van der Waals surface area contributed by atoms with Crippen LogP contribution in [-0.4, -0.2) is 16.1 Å². The zero-order chi connectivity index (χ0) is 15.6. The second-order valence-electron chi connectivity index (χ2n) is 4.91. The number of rotatable bonds is 3. The number of phenols is 2. The van der Waals surface area contributed by atoms with Crippen LogP contribution in [0.15, 0.2) is 36.4 Å². The van der Waals surface area contributed by atoms with Crippen LogP contribution in [0.3, 0.4) is 0 Å². The van der Waals surface area contributed by atoms with Crippen LogP contribution >= 0.6 is 0 Å². The van der Waals surface area contributed by atoms with Crippen molar-refractivity contribution in [2.45, 2.75) is 19.9 Å². The molecule has 0 heterocycles. The number of nitrogens with one attached hydrogen (secondary N) is 1. The van der Waals surface area contributed by atoms with E-state index in [2.05, 4.69) is 5.32 Å². The number of benzene rings is 2. The summed E-state index contributed by atoms with van der Waals surface area (Å²) in [5.41, 5.74) is 1.11. The van der Waals surface area contributed by atoms with Gasteiger partial charge in [-0.1, -0.05) is 12.1 Å². The topological polar surface area (TPSA) is 69.6 Å². The van der Waals surface area contributed by atoms with E-state index in [0.717, 1.165) is 0 Å². The number of phenolic OH excluding ortho intramolecular Hbond substituents is 2. The first kappa shape index (κ1) is 14.8. The summed E-state index contributed by atoms with van der Waals surface area (Å²) < 4.78 is 13.5. The summed E-state index contributed by atoms with van der Waals surface area (Å²) >= 11 is 0. The molecule has 0 spiro atoms. The molecule has 1 atom stereocenters. The lowest BCUT2D eigenvalue weighted by molar-refractivity contribution is 0.0936. The van der Waals surface area contributed by atoms with Crippen molar-refractivity contribution in [3.05, 3.63) is 58.9 Å². The molecule has 5 heteroatoms. The number of aryl methyl sites for hydroxylation is 1. The van der Waals surface area contributed by atoms with E-state index in [-0.39, 0.29) is 22.9 Å². The largest absolute Gasteiger partial charge is 0.508 e. The Morgan fingerprint density at radius 3 is 2.57 bits per heavy atom. The summed E-state index contributed by atoms with van der Waals surface area (Å²) in [6.45, 7) is 3.37. The predicted molar refractivity (Wildman–Crippen MR) is 76.8 cm³/mol. The molecule has 0 aromatic heterocycles. The molecule has 1 unspecified atom stereocenters. The van der Waals surface area contributed by atoms with Crippen molar-refractivity contribution in [1.29, 1.82) is 0 Å². The Morgan fingerprint density at radius 1 is 1.19 bits per heavy atom. The minimum Gasteiger partial charge on any atom is -0.508 e. The standard InChI is InChI=1S/C16H16FNO3/c1-9-3-4-11(7-14(9)17)10(2)18-16(21)13-8-12(19)5-6-15(13)20/h3-8,10,19-20H,1-2H3,(H,18,21). The number of carbonyl (C=O) groups excluding carboxylic acids is 1. The average Bonchev–Trinajstić information content (AvgIpc) is 2.44. The van der Waals surface area contributed by atoms with Crippen LogP contribution in [0.4, 0.5) is 4.39 Å². The van der Waals surface area contributed by atoms with Crippen molar-refractivity contribution in [2.75, 3.05) is 0 Å². The molecule has 0 saturated heterocycles. The SMILES string of the molecule is Cc1ccc(C(C)NC(=O)c2cc(O)ccc2O)cc1F. The van der Waals surface area contributed by atoms with Gasteiger partial charge in [0, 0.05) is 0 Å². The quantitative estimate of drug-likeness (QED) is 0.761. The zero-order valence-corrected chi connectivity index (χ0v) is 11.7. The van der Waals surface area contributed by atoms with Crippen LogP contribution in [0.25, 0.3) is 0 Å². The molecule has 2 rings (SSSR count). The fourth-order valence-corrected chi connectivity index (χ4v) is 1.94. The number of aromatic hydroxyl groups is 2. The van der Waals surface area contributed by atoms with Crippen LogP contribution in [0.1, 0.15) is 34.5 Å². The zero-order valence-electron chi connectivity index (χ0n) is 11.7. The summed E-state index contributed by atoms with van der Waals surface area (Å²) in [5, 5.41) is 21.7. The molecule has 2 aromatic rings. The first-order valence-corrected chi connectivity index (χ1v) is 6.47. The van der Waals surface area contributed by atoms with Gasteiger partial charge in [0.25, 0.3) is 5.91 Å². The second kappa shape index (κ2) is 5.83. The van der Waals surface area contributed by atoms with Gasteiger partial charge < -0.3 is 15.5 Å². The van der Waals surface area contributed by atoms with E-state index in [1.165, 1.54) is 24.3 Å². The summed E-state index contributed by atoms with van der Waals surface area (Å²) in [6, 6.07) is 7.99. The number of hydrogen-bond acceptors (Lipinski definition) is 3. The highest BCUT2D eigenvalue weighted by atomic mass is 19.1. The Kier molecular flexibility index (Phi) is 4.12. The molecular weight excluding hydrogens is 273 g/mol. The third-order valence-corrected chi connectivity index (χ3v) is 3.27. The van der Waals surface area contributed by atoms with Crippen LogP contribution in [-0.2, 0) is 0 Å². The summed E-state index contributed by atoms with van der Waals surface area (Å²) in [4.78, 5) is 12.1. The van der Waals surface area contributed by atoms with E-state index in [9.17, 15) is 19.4 Å². The molecule has 0 saturated carbocycles. The Morgan fingerprint density at radius 2 is 1.90 bits per heavy atom. The van der Waals surface area contributed by atoms with Crippen molar-refractivity contribution < 1.29 is 19.4 Å². The van der Waals surface area contributed by atoms with Crippen LogP contribution in [0.2, 0.25) is 0 Å². The Labute approximate surface area is 121 Å². The van der Waals surface area contributed by atoms with Gasteiger partial charge in [-0.25, -0.2) is 4.39 Å². The molecule has 4 nitrogen and oxygen atoms in total. The molecule has 0 fully saturated rings. The van der Waals surface area contributed by atoms with Gasteiger partial charge in [-0.2, -0.15) is 0 Å². The number of carbonyl (C=O) groups is 1. The van der Waals surface area contributed by atoms with E-state index in [1.54, 1.807) is 26.0 Å². The fraction of sp³-hybridized carbons (Fsp3) is 0.188. The van der Waals surface area contributed by atoms with Gasteiger partial charge in [-0.15, -0.1) is 0 Å². The first-order chi connectivity index (χ1) is 9.88. The molecule has 110 valence electrons. The molecule has 0 bridgehead atoms. The van der Waals surface area contributed by atoms with Gasteiger partial charge in [-0.05, 0) is 49.2 Å². The van der Waals surface area contributed by atoms with Gasteiger partial charge in [0.05, 0.1) is 11.6 Å². The molecule has 2 aromatic carbocycles. The number of amides is 1. The van der Waals surface area contributed by atoms with Crippen molar-refractivity contribution >= 4 is 5.91 Å². The minimum atomic E-state index is -0.545. The summed E-state index contributed by atoms with van der Waals surface area (Å²) in [5.74, 6) is -1.23. The van der Waals surface area contributed by atoms with Gasteiger partial charge in [0.15, 0.2) is 0 Å². The van der Waals surface area contributed by atoms with Crippen LogP contribution < -0.4 is 5.32 Å². The van der Waals surface area contributed by atoms with E-state index in [0.29, 0.717) is 11.1 Å². The monoisotopic (exact) mass is 289 g/mol. The Balaban J connectivity index is 2.18. The minimum absolute atomic E-state index is 0.0329. The maximum absolute atomic E-state index is 13.5. The lowest BCUT2D eigenvalue weighted by atomic mass is 10.1. The van der Waals surface area contributed by atoms with Gasteiger partial charge in [-0.3, -0.25) is 4.79 Å². The molecular formula is C16H16FNO3. The predicted octanol–water partition coefficient (Wildman–Crippen LogP) is 3.04. The van der Waals surface area contributed by atoms with E-state index in [1.807, 2.05) is 0 Å². The van der Waals surface area contributed by atoms with Crippen molar-refractivity contribution in [3.8, 4) is 11.5 Å². The highest BCUT2D eigenvalue weighted by Gasteiger charge is 2.16. The average molecular weight is 289 g/mol. The number of hydrogen-bond donors (Lipinski definition) is 3. The highest BCUT2D eigenvalue weighted by Crippen LogP contribution is 2.23. The Bertz CT molecular complexity index is 685. The summed E-state index contributed by atoms with van der Waals surface area (Å²) in [6.07, 6.45) is 0. The Hall–Kier alpha value is -2.56. The van der Waals surface area contributed by atoms with Gasteiger partial charge >= 0.3 is 0 Å². The normalized spacial score (nSPS) is 12.0. The summed E-state index contributed by atoms with van der Waals surface area (Å²) in [7, 11) is 0. The molecule has 1 amide bonds. The maximum Gasteiger partial charge on any atom is 0.255 e. The highest BCUT2D eigenvalue weighted by molar-refractivity contribution is 5.97. The molecule has 0 aliphatic carbocycles. The van der Waals surface area contributed by atoms with Crippen LogP contribution in [0.5, 0.6) is 11.5 Å². The van der Waals surface area contributed by atoms with E-state index >= 15 is 0 Å². The van der Waals surface area contributed by atoms with E-state index in [4.69, 9.17) is 0 Å².